The second-order valence-corrected chi connectivity index (χ2v) is 10.0. The molecule has 4 nitrogen and oxygen atoms in total. The van der Waals surface area contributed by atoms with Crippen LogP contribution in [0.15, 0.2) is 87.5 Å². The second-order valence-electron chi connectivity index (χ2n) is 8.01. The SMILES string of the molecule is Cc1ccc([S+](c2ccc(C)cc2)c2ccc(CCC(=O)OC3CCOC3=O)cc2)cc1. The van der Waals surface area contributed by atoms with E-state index in [9.17, 15) is 9.59 Å². The monoisotopic (exact) mass is 447 g/mol. The molecule has 32 heavy (non-hydrogen) atoms. The summed E-state index contributed by atoms with van der Waals surface area (Å²) in [6.07, 6.45) is 0.518. The maximum absolute atomic E-state index is 12.1. The fraction of sp³-hybridized carbons (Fsp3) is 0.259. The van der Waals surface area contributed by atoms with Crippen molar-refractivity contribution in [2.45, 2.75) is 53.9 Å². The summed E-state index contributed by atoms with van der Waals surface area (Å²) >= 11 is 0. The van der Waals surface area contributed by atoms with Crippen molar-refractivity contribution in [1.82, 2.24) is 0 Å². The molecule has 0 N–H and O–H groups in total. The van der Waals surface area contributed by atoms with E-state index in [0.717, 1.165) is 5.56 Å². The van der Waals surface area contributed by atoms with Gasteiger partial charge >= 0.3 is 11.9 Å². The van der Waals surface area contributed by atoms with E-state index in [2.05, 4.69) is 86.6 Å². The van der Waals surface area contributed by atoms with Crippen LogP contribution in [0.25, 0.3) is 0 Å². The van der Waals surface area contributed by atoms with Crippen LogP contribution in [0.3, 0.4) is 0 Å². The van der Waals surface area contributed by atoms with Crippen LogP contribution >= 0.6 is 0 Å². The molecule has 164 valence electrons. The van der Waals surface area contributed by atoms with Crippen LogP contribution in [-0.2, 0) is 36.4 Å². The van der Waals surface area contributed by atoms with Gasteiger partial charge < -0.3 is 9.47 Å². The Morgan fingerprint density at radius 2 is 1.38 bits per heavy atom. The zero-order chi connectivity index (χ0) is 22.5. The summed E-state index contributed by atoms with van der Waals surface area (Å²) in [4.78, 5) is 27.3. The van der Waals surface area contributed by atoms with E-state index in [-0.39, 0.29) is 23.3 Å². The topological polar surface area (TPSA) is 52.6 Å². The van der Waals surface area contributed by atoms with Gasteiger partial charge in [0.1, 0.15) is 0 Å². The summed E-state index contributed by atoms with van der Waals surface area (Å²) in [7, 11) is -0.203. The van der Waals surface area contributed by atoms with Crippen LogP contribution in [0.1, 0.15) is 29.5 Å². The van der Waals surface area contributed by atoms with Crippen molar-refractivity contribution in [3.63, 3.8) is 0 Å². The summed E-state index contributed by atoms with van der Waals surface area (Å²) in [6.45, 7) is 4.52. The van der Waals surface area contributed by atoms with Crippen LogP contribution < -0.4 is 0 Å². The molecule has 5 heteroatoms. The molecule has 0 saturated carbocycles. The Labute approximate surface area is 191 Å². The lowest BCUT2D eigenvalue weighted by Crippen LogP contribution is -2.22. The maximum atomic E-state index is 12.1. The average Bonchev–Trinajstić information content (AvgIpc) is 3.20. The molecule has 3 aromatic carbocycles. The Morgan fingerprint density at radius 3 is 1.84 bits per heavy atom. The van der Waals surface area contributed by atoms with Crippen molar-refractivity contribution in [1.29, 1.82) is 0 Å². The Balaban J connectivity index is 1.48. The zero-order valence-corrected chi connectivity index (χ0v) is 19.2. The van der Waals surface area contributed by atoms with Gasteiger partial charge in [0.25, 0.3) is 0 Å². The molecule has 1 saturated heterocycles. The molecular formula is C27H27O4S+. The molecule has 1 fully saturated rings. The van der Waals surface area contributed by atoms with E-state index in [4.69, 9.17) is 9.47 Å². The fourth-order valence-electron chi connectivity index (χ4n) is 3.60. The van der Waals surface area contributed by atoms with E-state index in [0.29, 0.717) is 19.4 Å². The molecule has 1 heterocycles. The molecule has 1 unspecified atom stereocenters. The van der Waals surface area contributed by atoms with Gasteiger partial charge in [-0.15, -0.1) is 0 Å². The number of ether oxygens (including phenoxy) is 2. The first-order valence-electron chi connectivity index (χ1n) is 10.8. The van der Waals surface area contributed by atoms with Crippen LogP contribution in [0, 0.1) is 13.8 Å². The van der Waals surface area contributed by atoms with Crippen molar-refractivity contribution in [3.05, 3.63) is 89.5 Å². The van der Waals surface area contributed by atoms with Gasteiger partial charge in [0, 0.05) is 12.8 Å². The van der Waals surface area contributed by atoms with Gasteiger partial charge in [0.05, 0.1) is 17.5 Å². The van der Waals surface area contributed by atoms with Crippen molar-refractivity contribution in [2.24, 2.45) is 0 Å². The number of benzene rings is 3. The third-order valence-electron chi connectivity index (χ3n) is 5.45. The van der Waals surface area contributed by atoms with E-state index >= 15 is 0 Å². The Bertz CT molecular complexity index is 1030. The Hall–Kier alpha value is -3.05. The molecule has 0 amide bonds. The lowest BCUT2D eigenvalue weighted by atomic mass is 10.1. The van der Waals surface area contributed by atoms with Gasteiger partial charge in [-0.2, -0.15) is 0 Å². The lowest BCUT2D eigenvalue weighted by molar-refractivity contribution is -0.160. The number of rotatable bonds is 7. The second kappa shape index (κ2) is 10.0. The number of cyclic esters (lactones) is 1. The van der Waals surface area contributed by atoms with Gasteiger partial charge in [-0.05, 0) is 62.2 Å². The fourth-order valence-corrected chi connectivity index (χ4v) is 5.64. The van der Waals surface area contributed by atoms with Crippen molar-refractivity contribution < 1.29 is 19.1 Å². The highest BCUT2D eigenvalue weighted by Crippen LogP contribution is 2.32. The van der Waals surface area contributed by atoms with Crippen LogP contribution in [0.5, 0.6) is 0 Å². The van der Waals surface area contributed by atoms with E-state index in [1.165, 1.54) is 25.8 Å². The highest BCUT2D eigenvalue weighted by molar-refractivity contribution is 7.97. The quantitative estimate of drug-likeness (QED) is 0.369. The molecule has 1 aliphatic rings. The summed E-state index contributed by atoms with van der Waals surface area (Å²) in [6, 6.07) is 25.9. The normalized spacial score (nSPS) is 15.6. The van der Waals surface area contributed by atoms with E-state index < -0.39 is 12.1 Å². The smallest absolute Gasteiger partial charge is 0.347 e. The minimum atomic E-state index is -0.740. The number of carbonyl (C=O) groups is 2. The molecule has 3 aromatic rings. The van der Waals surface area contributed by atoms with E-state index in [1.807, 2.05) is 0 Å². The molecule has 0 aliphatic carbocycles. The average molecular weight is 448 g/mol. The van der Waals surface area contributed by atoms with Gasteiger partial charge in [0.15, 0.2) is 14.7 Å². The number of hydrogen-bond donors (Lipinski definition) is 0. The van der Waals surface area contributed by atoms with Crippen molar-refractivity contribution in [2.75, 3.05) is 6.61 Å². The first-order chi connectivity index (χ1) is 15.5. The molecule has 1 atom stereocenters. The number of aryl methyl sites for hydroxylation is 3. The predicted octanol–water partition coefficient (Wildman–Crippen LogP) is 5.19. The highest BCUT2D eigenvalue weighted by Gasteiger charge is 2.30. The van der Waals surface area contributed by atoms with Gasteiger partial charge in [0.2, 0.25) is 6.10 Å². The van der Waals surface area contributed by atoms with Crippen LogP contribution in [0.2, 0.25) is 0 Å². The molecule has 0 radical (unpaired) electrons. The van der Waals surface area contributed by atoms with Gasteiger partial charge in [-0.3, -0.25) is 4.79 Å². The molecule has 0 spiro atoms. The predicted molar refractivity (Wildman–Crippen MR) is 125 cm³/mol. The van der Waals surface area contributed by atoms with Gasteiger partial charge in [-0.25, -0.2) is 4.79 Å². The first kappa shape index (κ1) is 22.2. The van der Waals surface area contributed by atoms with Crippen molar-refractivity contribution >= 4 is 22.8 Å². The summed E-state index contributed by atoms with van der Waals surface area (Å²) in [5, 5.41) is 0. The molecule has 1 aliphatic heterocycles. The minimum Gasteiger partial charge on any atom is -0.463 e. The minimum absolute atomic E-state index is 0.203. The van der Waals surface area contributed by atoms with Gasteiger partial charge in [-0.1, -0.05) is 47.5 Å². The zero-order valence-electron chi connectivity index (χ0n) is 18.4. The standard InChI is InChI=1S/C27H27O4S/c1-19-3-10-22(11-4-19)32(23-12-5-20(2)6-13-23)24-14-7-21(8-15-24)9-16-26(28)31-25-17-18-30-27(25)29/h3-8,10-15,25H,9,16-18H2,1-2H3/q+1. The lowest BCUT2D eigenvalue weighted by Gasteiger charge is -2.10. The third-order valence-corrected chi connectivity index (χ3v) is 7.68. The first-order valence-corrected chi connectivity index (χ1v) is 12.0. The van der Waals surface area contributed by atoms with Crippen molar-refractivity contribution in [3.8, 4) is 0 Å². The van der Waals surface area contributed by atoms with E-state index in [1.54, 1.807) is 0 Å². The maximum Gasteiger partial charge on any atom is 0.347 e. The van der Waals surface area contributed by atoms with Crippen LogP contribution in [0.4, 0.5) is 0 Å². The summed E-state index contributed by atoms with van der Waals surface area (Å²) in [5.74, 6) is -0.807. The number of carbonyl (C=O) groups excluding carboxylic acids is 2. The Kier molecular flexibility index (Phi) is 6.96. The number of hydrogen-bond acceptors (Lipinski definition) is 4. The summed E-state index contributed by atoms with van der Waals surface area (Å²) < 4.78 is 10.1. The molecule has 4 rings (SSSR count). The molecule has 0 bridgehead atoms. The third kappa shape index (κ3) is 5.40. The molecule has 0 aromatic heterocycles. The summed E-state index contributed by atoms with van der Waals surface area (Å²) in [5.41, 5.74) is 3.56. The Morgan fingerprint density at radius 1 is 0.875 bits per heavy atom. The van der Waals surface area contributed by atoms with Crippen LogP contribution in [-0.4, -0.2) is 24.6 Å². The highest BCUT2D eigenvalue weighted by atomic mass is 32.2. The number of esters is 2. The molecular weight excluding hydrogens is 420 g/mol. The largest absolute Gasteiger partial charge is 0.463 e.